The van der Waals surface area contributed by atoms with Crippen LogP contribution in [0.15, 0.2) is 12.1 Å². The maximum atomic E-state index is 12.7. The van der Waals surface area contributed by atoms with Gasteiger partial charge in [0.1, 0.15) is 18.0 Å². The molecule has 1 saturated heterocycles. The number of hydrogen-bond donors (Lipinski definition) is 1. The number of Topliss-reactive ketones (excluding diaryl/α,β-unsaturated/α-hetero) is 1. The first kappa shape index (κ1) is 18.2. The molecule has 156 valence electrons. The van der Waals surface area contributed by atoms with E-state index < -0.39 is 0 Å². The lowest BCUT2D eigenvalue weighted by molar-refractivity contribution is -0.185. The van der Waals surface area contributed by atoms with E-state index in [0.29, 0.717) is 11.8 Å². The number of ketones is 1. The van der Waals surface area contributed by atoms with Crippen molar-refractivity contribution >= 4 is 5.78 Å². The Labute approximate surface area is 172 Å². The summed E-state index contributed by atoms with van der Waals surface area (Å²) in [6.07, 6.45) is 5.04. The molecule has 6 rings (SSSR count). The molecule has 29 heavy (non-hydrogen) atoms. The Morgan fingerprint density at radius 1 is 1.38 bits per heavy atom. The number of phenolic OH excluding ortho intramolecular Hbond substituents is 1. The molecular weight excluding hydrogens is 366 g/mol. The van der Waals surface area contributed by atoms with E-state index in [0.717, 1.165) is 31.7 Å². The second kappa shape index (κ2) is 5.76. The molecule has 5 aliphatic rings. The number of methoxy groups -OCH3 is 1. The van der Waals surface area contributed by atoms with Gasteiger partial charge in [-0.2, -0.15) is 0 Å². The van der Waals surface area contributed by atoms with Crippen LogP contribution in [0.1, 0.15) is 50.7 Å². The predicted molar refractivity (Wildman–Crippen MR) is 108 cm³/mol. The quantitative estimate of drug-likeness (QED) is 0.846. The number of piperidine rings is 1. The summed E-state index contributed by atoms with van der Waals surface area (Å²) in [4.78, 5) is 15.4. The second-order valence-electron chi connectivity index (χ2n) is 10.4. The Morgan fingerprint density at radius 3 is 2.86 bits per heavy atom. The Hall–Kier alpha value is -1.59. The lowest BCUT2D eigenvalue weighted by Crippen LogP contribution is -2.74. The monoisotopic (exact) mass is 397 g/mol. The first-order valence-electron chi connectivity index (χ1n) is 11.2. The Balaban J connectivity index is 1.57. The van der Waals surface area contributed by atoms with Crippen molar-refractivity contribution in [3.05, 3.63) is 23.3 Å². The molecule has 1 aromatic carbocycles. The van der Waals surface area contributed by atoms with Gasteiger partial charge in [0.25, 0.3) is 0 Å². The van der Waals surface area contributed by atoms with Gasteiger partial charge >= 0.3 is 0 Å². The highest BCUT2D eigenvalue weighted by Crippen LogP contribution is 2.70. The molecule has 0 amide bonds. The zero-order chi connectivity index (χ0) is 20.1. The number of hydrogen-bond acceptors (Lipinski definition) is 5. The van der Waals surface area contributed by atoms with Crippen LogP contribution in [0.3, 0.4) is 0 Å². The molecule has 5 heteroatoms. The highest BCUT2D eigenvalue weighted by atomic mass is 16.5. The van der Waals surface area contributed by atoms with Crippen LogP contribution < -0.4 is 4.74 Å². The third kappa shape index (κ3) is 2.11. The summed E-state index contributed by atoms with van der Waals surface area (Å²) in [5.74, 6) is 1.75. The van der Waals surface area contributed by atoms with Crippen LogP contribution in [0.25, 0.3) is 0 Å². The number of carbonyl (C=O) groups is 1. The van der Waals surface area contributed by atoms with Crippen molar-refractivity contribution in [1.82, 2.24) is 4.90 Å². The fourth-order valence-electron chi connectivity index (χ4n) is 7.63. The van der Waals surface area contributed by atoms with Gasteiger partial charge in [0, 0.05) is 36.6 Å². The minimum atomic E-state index is -0.269. The van der Waals surface area contributed by atoms with E-state index in [1.807, 2.05) is 0 Å². The van der Waals surface area contributed by atoms with Gasteiger partial charge in [-0.3, -0.25) is 9.69 Å². The summed E-state index contributed by atoms with van der Waals surface area (Å²) in [5.41, 5.74) is 2.28. The number of nitrogens with zero attached hydrogens (tertiary/aromatic N) is 1. The number of rotatable bonds is 4. The summed E-state index contributed by atoms with van der Waals surface area (Å²) >= 11 is 0. The number of benzene rings is 1. The first-order valence-corrected chi connectivity index (χ1v) is 11.2. The minimum absolute atomic E-state index is 0.0672. The molecule has 0 radical (unpaired) electrons. The van der Waals surface area contributed by atoms with Gasteiger partial charge in [0.05, 0.1) is 0 Å². The van der Waals surface area contributed by atoms with Crippen molar-refractivity contribution in [2.75, 3.05) is 20.2 Å². The lowest BCUT2D eigenvalue weighted by atomic mass is 9.42. The van der Waals surface area contributed by atoms with Gasteiger partial charge in [0.15, 0.2) is 11.5 Å². The summed E-state index contributed by atoms with van der Waals surface area (Å²) in [6, 6.07) is 4.30. The number of ether oxygens (including phenoxy) is 2. The highest BCUT2D eigenvalue weighted by Gasteiger charge is 2.73. The van der Waals surface area contributed by atoms with Crippen LogP contribution >= 0.6 is 0 Å². The van der Waals surface area contributed by atoms with E-state index in [9.17, 15) is 9.90 Å². The van der Waals surface area contributed by atoms with Crippen LogP contribution in [-0.4, -0.2) is 54.2 Å². The SMILES string of the molecule is COC1[C@H]2Oc3c(O)ccc4c3[C@]23CCN(CC2CC2)C(C4)[C@]3(C)C[C@H]1C(C)=O. The third-order valence-electron chi connectivity index (χ3n) is 9.12. The molecule has 3 aliphatic carbocycles. The predicted octanol–water partition coefficient (Wildman–Crippen LogP) is 3.06. The smallest absolute Gasteiger partial charge is 0.165 e. The summed E-state index contributed by atoms with van der Waals surface area (Å²) < 4.78 is 12.5. The molecular formula is C24H31NO4. The van der Waals surface area contributed by atoms with Crippen LogP contribution in [0, 0.1) is 17.3 Å². The number of phenols is 1. The van der Waals surface area contributed by atoms with Gasteiger partial charge in [0.2, 0.25) is 0 Å². The van der Waals surface area contributed by atoms with Crippen molar-refractivity contribution in [1.29, 1.82) is 0 Å². The van der Waals surface area contributed by atoms with Gasteiger partial charge in [-0.15, -0.1) is 0 Å². The van der Waals surface area contributed by atoms with Crippen molar-refractivity contribution in [3.8, 4) is 11.5 Å². The van der Waals surface area contributed by atoms with Crippen LogP contribution in [0.2, 0.25) is 0 Å². The van der Waals surface area contributed by atoms with Crippen molar-refractivity contribution in [3.63, 3.8) is 0 Å². The lowest BCUT2D eigenvalue weighted by Gasteiger charge is -2.66. The Bertz CT molecular complexity index is 895. The van der Waals surface area contributed by atoms with Crippen LogP contribution in [0.4, 0.5) is 0 Å². The number of aromatic hydroxyl groups is 1. The van der Waals surface area contributed by atoms with E-state index in [1.165, 1.54) is 30.5 Å². The van der Waals surface area contributed by atoms with E-state index in [-0.39, 0.29) is 40.5 Å². The Kier molecular flexibility index (Phi) is 3.62. The minimum Gasteiger partial charge on any atom is -0.504 e. The zero-order valence-electron chi connectivity index (χ0n) is 17.6. The first-order chi connectivity index (χ1) is 13.9. The molecule has 2 aliphatic heterocycles. The van der Waals surface area contributed by atoms with E-state index in [2.05, 4.69) is 17.9 Å². The highest BCUT2D eigenvalue weighted by molar-refractivity contribution is 5.80. The normalized spacial score (nSPS) is 42.3. The average molecular weight is 398 g/mol. The standard InChI is InChI=1S/C24H31NO4/c1-13(26)16-11-23(2)18-10-15-6-7-17(27)21-19(15)24(23,22(29-21)20(16)28-3)8-9-25(18)12-14-4-5-14/h6-7,14,16,18,20,22,27H,4-5,8-12H2,1-3H3/t16-,18?,20?,22+,23-,24+/m0/s1. The fraction of sp³-hybridized carbons (Fsp3) is 0.708. The zero-order valence-corrected chi connectivity index (χ0v) is 17.6. The third-order valence-corrected chi connectivity index (χ3v) is 9.12. The van der Waals surface area contributed by atoms with Gasteiger partial charge in [-0.25, -0.2) is 0 Å². The molecule has 1 spiro atoms. The molecule has 3 fully saturated rings. The molecule has 5 nitrogen and oxygen atoms in total. The second-order valence-corrected chi connectivity index (χ2v) is 10.4. The summed E-state index contributed by atoms with van der Waals surface area (Å²) in [7, 11) is 1.70. The Morgan fingerprint density at radius 2 is 2.17 bits per heavy atom. The van der Waals surface area contributed by atoms with Gasteiger partial charge in [-0.1, -0.05) is 13.0 Å². The molecule has 0 aromatic heterocycles. The largest absolute Gasteiger partial charge is 0.504 e. The number of carbonyl (C=O) groups excluding carboxylic acids is 1. The fourth-order valence-corrected chi connectivity index (χ4v) is 7.63. The summed E-state index contributed by atoms with van der Waals surface area (Å²) in [6.45, 7) is 6.34. The maximum Gasteiger partial charge on any atom is 0.165 e. The van der Waals surface area contributed by atoms with Crippen molar-refractivity contribution < 1.29 is 19.4 Å². The molecule has 2 heterocycles. The molecule has 2 unspecified atom stereocenters. The molecule has 2 saturated carbocycles. The molecule has 6 atom stereocenters. The molecule has 2 bridgehead atoms. The van der Waals surface area contributed by atoms with Crippen LogP contribution in [0.5, 0.6) is 11.5 Å². The summed E-state index contributed by atoms with van der Waals surface area (Å²) in [5, 5.41) is 10.7. The topological polar surface area (TPSA) is 59.0 Å². The number of likely N-dealkylation sites (tertiary alicyclic amines) is 1. The van der Waals surface area contributed by atoms with Crippen LogP contribution in [-0.2, 0) is 21.4 Å². The maximum absolute atomic E-state index is 12.7. The van der Waals surface area contributed by atoms with E-state index >= 15 is 0 Å². The molecule has 1 N–H and O–H groups in total. The molecule has 1 aromatic rings. The van der Waals surface area contributed by atoms with E-state index in [1.54, 1.807) is 20.1 Å². The average Bonchev–Trinajstić information content (AvgIpc) is 3.42. The van der Waals surface area contributed by atoms with E-state index in [4.69, 9.17) is 9.47 Å². The van der Waals surface area contributed by atoms with Gasteiger partial charge in [-0.05, 0) is 68.5 Å². The van der Waals surface area contributed by atoms with Gasteiger partial charge < -0.3 is 14.6 Å². The van der Waals surface area contributed by atoms with Crippen molar-refractivity contribution in [2.45, 2.75) is 69.6 Å². The van der Waals surface area contributed by atoms with Crippen molar-refractivity contribution in [2.24, 2.45) is 17.3 Å².